The van der Waals surface area contributed by atoms with Gasteiger partial charge in [-0.2, -0.15) is 26.3 Å². The maximum Gasteiger partial charge on any atom is 0.442 e. The summed E-state index contributed by atoms with van der Waals surface area (Å²) in [5.41, 5.74) is -5.96. The van der Waals surface area contributed by atoms with Crippen LogP contribution in [-0.2, 0) is 11.0 Å². The van der Waals surface area contributed by atoms with Crippen LogP contribution in [0, 0.1) is 0 Å². The topological polar surface area (TPSA) is 38.3 Å². The van der Waals surface area contributed by atoms with Crippen LogP contribution in [0.15, 0.2) is 18.2 Å². The third kappa shape index (κ3) is 7.02. The van der Waals surface area contributed by atoms with E-state index in [1.54, 1.807) is 6.92 Å². The lowest BCUT2D eigenvalue weighted by atomic mass is 10.1. The molecule has 0 spiro atoms. The highest BCUT2D eigenvalue weighted by Crippen LogP contribution is 2.35. The molecule has 0 bridgehead atoms. The fourth-order valence-corrected chi connectivity index (χ4v) is 1.84. The summed E-state index contributed by atoms with van der Waals surface area (Å²) in [7, 11) is 0. The van der Waals surface area contributed by atoms with E-state index in [1.807, 2.05) is 5.32 Å². The van der Waals surface area contributed by atoms with E-state index < -0.39 is 40.7 Å². The van der Waals surface area contributed by atoms with Crippen LogP contribution < -0.4 is 10.1 Å². The Morgan fingerprint density at radius 3 is 2.39 bits per heavy atom. The number of hydrogen-bond donors (Lipinski definition) is 1. The molecule has 3 nitrogen and oxygen atoms in total. The van der Waals surface area contributed by atoms with Crippen molar-refractivity contribution >= 4 is 23.4 Å². The maximum absolute atomic E-state index is 12.7. The van der Waals surface area contributed by atoms with Crippen LogP contribution in [0.4, 0.5) is 32.0 Å². The van der Waals surface area contributed by atoms with Crippen molar-refractivity contribution in [2.45, 2.75) is 25.0 Å². The fraction of sp³-hybridized carbons (Fsp3) is 0.462. The van der Waals surface area contributed by atoms with Gasteiger partial charge < -0.3 is 10.1 Å². The molecule has 0 aliphatic carbocycles. The van der Waals surface area contributed by atoms with Crippen molar-refractivity contribution in [2.75, 3.05) is 17.7 Å². The second kappa shape index (κ2) is 7.80. The molecule has 0 unspecified atom stereocenters. The largest absolute Gasteiger partial charge is 0.491 e. The van der Waals surface area contributed by atoms with E-state index in [0.29, 0.717) is 12.5 Å². The van der Waals surface area contributed by atoms with Crippen LogP contribution >= 0.6 is 11.8 Å². The number of amides is 1. The van der Waals surface area contributed by atoms with Gasteiger partial charge in [-0.25, -0.2) is 0 Å². The minimum atomic E-state index is -4.65. The first kappa shape index (κ1) is 19.5. The predicted octanol–water partition coefficient (Wildman–Crippen LogP) is 4.69. The van der Waals surface area contributed by atoms with Gasteiger partial charge in [-0.15, -0.1) is 0 Å². The highest BCUT2D eigenvalue weighted by Gasteiger charge is 2.32. The van der Waals surface area contributed by atoms with Crippen molar-refractivity contribution in [1.29, 1.82) is 0 Å². The first-order valence-corrected chi connectivity index (χ1v) is 7.36. The predicted molar refractivity (Wildman–Crippen MR) is 74.4 cm³/mol. The van der Waals surface area contributed by atoms with E-state index in [4.69, 9.17) is 4.74 Å². The molecular formula is C13H13F6NO2S. The zero-order valence-corrected chi connectivity index (χ0v) is 12.7. The molecular weight excluding hydrogens is 348 g/mol. The highest BCUT2D eigenvalue weighted by atomic mass is 32.2. The van der Waals surface area contributed by atoms with Gasteiger partial charge in [0.1, 0.15) is 5.75 Å². The van der Waals surface area contributed by atoms with E-state index in [-0.39, 0.29) is 18.0 Å². The van der Waals surface area contributed by atoms with Crippen LogP contribution in [0.2, 0.25) is 0 Å². The molecule has 1 aromatic rings. The zero-order valence-electron chi connectivity index (χ0n) is 11.8. The van der Waals surface area contributed by atoms with Crippen LogP contribution in [-0.4, -0.2) is 23.8 Å². The summed E-state index contributed by atoms with van der Waals surface area (Å²) in [5.74, 6) is -2.08. The lowest BCUT2D eigenvalue weighted by Gasteiger charge is -2.15. The summed E-state index contributed by atoms with van der Waals surface area (Å²) in [4.78, 5) is 11.5. The first-order valence-electron chi connectivity index (χ1n) is 6.37. The molecule has 0 radical (unpaired) electrons. The first-order chi connectivity index (χ1) is 10.5. The van der Waals surface area contributed by atoms with Crippen molar-refractivity contribution in [3.63, 3.8) is 0 Å². The van der Waals surface area contributed by atoms with Gasteiger partial charge in [-0.3, -0.25) is 4.79 Å². The molecule has 1 amide bonds. The monoisotopic (exact) mass is 361 g/mol. The quantitative estimate of drug-likeness (QED) is 0.748. The normalized spacial score (nSPS) is 12.1. The molecule has 0 fully saturated rings. The van der Waals surface area contributed by atoms with Crippen molar-refractivity contribution in [2.24, 2.45) is 0 Å². The van der Waals surface area contributed by atoms with E-state index in [2.05, 4.69) is 0 Å². The lowest BCUT2D eigenvalue weighted by Crippen LogP contribution is -2.18. The number of carbonyl (C=O) groups excluding carboxylic acids is 1. The molecule has 0 saturated carbocycles. The van der Waals surface area contributed by atoms with Crippen molar-refractivity contribution in [1.82, 2.24) is 0 Å². The van der Waals surface area contributed by atoms with E-state index in [9.17, 15) is 31.1 Å². The standard InChI is InChI=1S/C13H13F6NO2S/c1-2-5-22-10-4-3-8(12(14,15)16)6-9(10)20-11(21)7-23-13(17,18)19/h3-4,6H,2,5,7H2,1H3,(H,20,21). The maximum atomic E-state index is 12.7. The van der Waals surface area contributed by atoms with Gasteiger partial charge >= 0.3 is 11.7 Å². The van der Waals surface area contributed by atoms with Crippen molar-refractivity contribution in [3.05, 3.63) is 23.8 Å². The smallest absolute Gasteiger partial charge is 0.442 e. The van der Waals surface area contributed by atoms with E-state index in [1.165, 1.54) is 0 Å². The highest BCUT2D eigenvalue weighted by molar-refractivity contribution is 8.00. The molecule has 1 N–H and O–H groups in total. The molecule has 0 saturated heterocycles. The number of hydrogen-bond acceptors (Lipinski definition) is 3. The van der Waals surface area contributed by atoms with Gasteiger partial charge in [0.2, 0.25) is 5.91 Å². The molecule has 0 aromatic heterocycles. The molecule has 1 rings (SSSR count). The summed E-state index contributed by atoms with van der Waals surface area (Å²) in [6.45, 7) is 1.95. The Hall–Kier alpha value is -1.58. The fourth-order valence-electron chi connectivity index (χ4n) is 1.48. The minimum absolute atomic E-state index is 0.0368. The lowest BCUT2D eigenvalue weighted by molar-refractivity contribution is -0.137. The van der Waals surface area contributed by atoms with Gasteiger partial charge in [0.25, 0.3) is 0 Å². The average molecular weight is 361 g/mol. The number of benzene rings is 1. The number of thioether (sulfide) groups is 1. The molecule has 23 heavy (non-hydrogen) atoms. The molecule has 0 atom stereocenters. The number of halogens is 6. The molecule has 130 valence electrons. The Kier molecular flexibility index (Phi) is 6.60. The third-order valence-corrected chi connectivity index (χ3v) is 3.14. The number of ether oxygens (including phenoxy) is 1. The Balaban J connectivity index is 2.93. The number of rotatable bonds is 6. The van der Waals surface area contributed by atoms with Crippen LogP contribution in [0.1, 0.15) is 18.9 Å². The number of alkyl halides is 6. The summed E-state index contributed by atoms with van der Waals surface area (Å²) >= 11 is -0.581. The Morgan fingerprint density at radius 1 is 1.22 bits per heavy atom. The summed E-state index contributed by atoms with van der Waals surface area (Å²) in [5, 5.41) is 2.02. The van der Waals surface area contributed by atoms with Crippen molar-refractivity contribution < 1.29 is 35.9 Å². The molecule has 1 aromatic carbocycles. The van der Waals surface area contributed by atoms with Crippen molar-refractivity contribution in [3.8, 4) is 5.75 Å². The van der Waals surface area contributed by atoms with Gasteiger partial charge in [-0.1, -0.05) is 6.92 Å². The van der Waals surface area contributed by atoms with Gasteiger partial charge in [-0.05, 0) is 36.4 Å². The molecule has 0 heterocycles. The Morgan fingerprint density at radius 2 is 1.87 bits per heavy atom. The average Bonchev–Trinajstić information content (AvgIpc) is 2.42. The van der Waals surface area contributed by atoms with Gasteiger partial charge in [0.05, 0.1) is 23.6 Å². The zero-order chi connectivity index (χ0) is 17.7. The van der Waals surface area contributed by atoms with Crippen LogP contribution in [0.5, 0.6) is 5.75 Å². The second-order valence-electron chi connectivity index (χ2n) is 4.34. The van der Waals surface area contributed by atoms with Crippen LogP contribution in [0.3, 0.4) is 0 Å². The van der Waals surface area contributed by atoms with Gasteiger partial charge in [0.15, 0.2) is 0 Å². The summed E-state index contributed by atoms with van der Waals surface area (Å²) in [6, 6.07) is 2.41. The summed E-state index contributed by atoms with van der Waals surface area (Å²) in [6.07, 6.45) is -4.08. The molecule has 0 aliphatic rings. The third-order valence-electron chi connectivity index (χ3n) is 2.41. The number of carbonyl (C=O) groups is 1. The minimum Gasteiger partial charge on any atom is -0.491 e. The molecule has 0 aliphatic heterocycles. The Bertz CT molecular complexity index is 544. The Labute approximate surface area is 132 Å². The number of nitrogens with one attached hydrogen (secondary N) is 1. The van der Waals surface area contributed by atoms with Gasteiger partial charge in [0, 0.05) is 0 Å². The molecule has 10 heteroatoms. The summed E-state index contributed by atoms with van der Waals surface area (Å²) < 4.78 is 79.3. The number of anilines is 1. The SMILES string of the molecule is CCCOc1ccc(C(F)(F)F)cc1NC(=O)CSC(F)(F)F. The van der Waals surface area contributed by atoms with E-state index in [0.717, 1.165) is 12.1 Å². The second-order valence-corrected chi connectivity index (χ2v) is 5.38. The van der Waals surface area contributed by atoms with Crippen LogP contribution in [0.25, 0.3) is 0 Å². The van der Waals surface area contributed by atoms with E-state index >= 15 is 0 Å².